The van der Waals surface area contributed by atoms with Crippen LogP contribution >= 0.6 is 0 Å². The van der Waals surface area contributed by atoms with Gasteiger partial charge in [-0.25, -0.2) is 0 Å². The highest BCUT2D eigenvalue weighted by Crippen LogP contribution is 2.29. The Morgan fingerprint density at radius 3 is 2.81 bits per heavy atom. The van der Waals surface area contributed by atoms with E-state index in [0.29, 0.717) is 12.1 Å². The van der Waals surface area contributed by atoms with Crippen molar-refractivity contribution in [2.75, 3.05) is 33.3 Å². The molecule has 1 heterocycles. The second-order valence-corrected chi connectivity index (χ2v) is 5.53. The molecule has 1 aliphatic heterocycles. The SMILES string of the molecule is CC(CNCC1CCCO1)N(C)CC1CC1. The van der Waals surface area contributed by atoms with Crippen LogP contribution in [0.15, 0.2) is 0 Å². The van der Waals surface area contributed by atoms with Crippen LogP contribution in [-0.4, -0.2) is 50.3 Å². The molecule has 2 aliphatic rings. The first-order valence-corrected chi connectivity index (χ1v) is 6.78. The predicted molar refractivity (Wildman–Crippen MR) is 66.7 cm³/mol. The first-order valence-electron chi connectivity index (χ1n) is 6.78. The molecule has 2 fully saturated rings. The molecule has 3 heteroatoms. The molecular weight excluding hydrogens is 200 g/mol. The van der Waals surface area contributed by atoms with Gasteiger partial charge in [-0.3, -0.25) is 0 Å². The molecule has 2 rings (SSSR count). The molecule has 1 saturated heterocycles. The minimum atomic E-state index is 0.473. The van der Waals surface area contributed by atoms with Crippen molar-refractivity contribution in [3.8, 4) is 0 Å². The Labute approximate surface area is 99.5 Å². The van der Waals surface area contributed by atoms with Crippen molar-refractivity contribution in [3.63, 3.8) is 0 Å². The first kappa shape index (κ1) is 12.3. The van der Waals surface area contributed by atoms with E-state index < -0.39 is 0 Å². The van der Waals surface area contributed by atoms with E-state index in [1.54, 1.807) is 0 Å². The molecular formula is C13H26N2O. The summed E-state index contributed by atoms with van der Waals surface area (Å²) in [5, 5.41) is 3.53. The summed E-state index contributed by atoms with van der Waals surface area (Å²) in [6.07, 6.45) is 5.84. The average molecular weight is 226 g/mol. The molecule has 16 heavy (non-hydrogen) atoms. The normalized spacial score (nSPS) is 27.6. The molecule has 2 unspecified atom stereocenters. The molecule has 94 valence electrons. The molecule has 0 amide bonds. The van der Waals surface area contributed by atoms with E-state index >= 15 is 0 Å². The maximum Gasteiger partial charge on any atom is 0.0700 e. The number of ether oxygens (including phenoxy) is 1. The minimum absolute atomic E-state index is 0.473. The smallest absolute Gasteiger partial charge is 0.0700 e. The third-order valence-electron chi connectivity index (χ3n) is 3.83. The van der Waals surface area contributed by atoms with Crippen LogP contribution in [0.3, 0.4) is 0 Å². The zero-order valence-corrected chi connectivity index (χ0v) is 10.7. The lowest BCUT2D eigenvalue weighted by Gasteiger charge is -2.25. The van der Waals surface area contributed by atoms with Crippen molar-refractivity contribution in [1.29, 1.82) is 0 Å². The predicted octanol–water partition coefficient (Wildman–Crippen LogP) is 1.49. The minimum Gasteiger partial charge on any atom is -0.377 e. The molecule has 2 atom stereocenters. The van der Waals surface area contributed by atoms with Gasteiger partial charge in [0.2, 0.25) is 0 Å². The summed E-state index contributed by atoms with van der Waals surface area (Å²) in [5.74, 6) is 0.991. The molecule has 0 aromatic heterocycles. The Bertz CT molecular complexity index is 200. The van der Waals surface area contributed by atoms with Gasteiger partial charge in [-0.05, 0) is 45.6 Å². The van der Waals surface area contributed by atoms with Crippen molar-refractivity contribution < 1.29 is 4.74 Å². The first-order chi connectivity index (χ1) is 7.75. The van der Waals surface area contributed by atoms with Gasteiger partial charge in [-0.1, -0.05) is 0 Å². The van der Waals surface area contributed by atoms with E-state index in [9.17, 15) is 0 Å². The monoisotopic (exact) mass is 226 g/mol. The summed E-state index contributed by atoms with van der Waals surface area (Å²) in [6, 6.07) is 0.641. The summed E-state index contributed by atoms with van der Waals surface area (Å²) < 4.78 is 5.59. The zero-order valence-electron chi connectivity index (χ0n) is 10.7. The lowest BCUT2D eigenvalue weighted by atomic mass is 10.2. The molecule has 0 aromatic rings. The number of rotatable bonds is 7. The van der Waals surface area contributed by atoms with Gasteiger partial charge < -0.3 is 15.0 Å². The van der Waals surface area contributed by atoms with E-state index in [-0.39, 0.29) is 0 Å². The molecule has 1 N–H and O–H groups in total. The third kappa shape index (κ3) is 4.04. The molecule has 0 spiro atoms. The van der Waals surface area contributed by atoms with Crippen molar-refractivity contribution >= 4 is 0 Å². The van der Waals surface area contributed by atoms with Crippen LogP contribution in [0.5, 0.6) is 0 Å². The summed E-state index contributed by atoms with van der Waals surface area (Å²) in [4.78, 5) is 2.49. The lowest BCUT2D eigenvalue weighted by Crippen LogP contribution is -2.41. The van der Waals surface area contributed by atoms with Gasteiger partial charge in [-0.15, -0.1) is 0 Å². The zero-order chi connectivity index (χ0) is 11.4. The lowest BCUT2D eigenvalue weighted by molar-refractivity contribution is 0.108. The van der Waals surface area contributed by atoms with E-state index in [2.05, 4.69) is 24.2 Å². The van der Waals surface area contributed by atoms with Crippen molar-refractivity contribution in [3.05, 3.63) is 0 Å². The number of nitrogens with one attached hydrogen (secondary N) is 1. The maximum absolute atomic E-state index is 5.59. The summed E-state index contributed by atoms with van der Waals surface area (Å²) >= 11 is 0. The third-order valence-corrected chi connectivity index (χ3v) is 3.83. The fourth-order valence-electron chi connectivity index (χ4n) is 2.30. The molecule has 3 nitrogen and oxygen atoms in total. The van der Waals surface area contributed by atoms with Crippen LogP contribution in [0.1, 0.15) is 32.6 Å². The Balaban J connectivity index is 1.53. The number of hydrogen-bond acceptors (Lipinski definition) is 3. The summed E-state index contributed by atoms with van der Waals surface area (Å²) in [6.45, 7) is 6.67. The fraction of sp³-hybridized carbons (Fsp3) is 1.00. The molecule has 0 radical (unpaired) electrons. The van der Waals surface area contributed by atoms with Crippen LogP contribution in [0.25, 0.3) is 0 Å². The van der Waals surface area contributed by atoms with Crippen LogP contribution < -0.4 is 5.32 Å². The Morgan fingerprint density at radius 1 is 1.38 bits per heavy atom. The van der Waals surface area contributed by atoms with Gasteiger partial charge in [0, 0.05) is 32.3 Å². The van der Waals surface area contributed by atoms with Crippen molar-refractivity contribution in [1.82, 2.24) is 10.2 Å². The van der Waals surface area contributed by atoms with Gasteiger partial charge >= 0.3 is 0 Å². The molecule has 1 saturated carbocycles. The average Bonchev–Trinajstić information content (AvgIpc) is 2.93. The standard InChI is InChI=1S/C13H26N2O/c1-11(15(2)10-12-5-6-12)8-14-9-13-4-3-7-16-13/h11-14H,3-10H2,1-2H3. The summed E-state index contributed by atoms with van der Waals surface area (Å²) in [5.41, 5.74) is 0. The van der Waals surface area contributed by atoms with Crippen LogP contribution in [0, 0.1) is 5.92 Å². The van der Waals surface area contributed by atoms with Gasteiger partial charge in [0.15, 0.2) is 0 Å². The van der Waals surface area contributed by atoms with Gasteiger partial charge in [0.1, 0.15) is 0 Å². The highest BCUT2D eigenvalue weighted by molar-refractivity contribution is 4.79. The van der Waals surface area contributed by atoms with Gasteiger partial charge in [0.05, 0.1) is 6.10 Å². The van der Waals surface area contributed by atoms with Crippen molar-refractivity contribution in [2.24, 2.45) is 5.92 Å². The highest BCUT2D eigenvalue weighted by Gasteiger charge is 2.24. The second-order valence-electron chi connectivity index (χ2n) is 5.53. The fourth-order valence-corrected chi connectivity index (χ4v) is 2.30. The molecule has 0 aromatic carbocycles. The van der Waals surface area contributed by atoms with Crippen LogP contribution in [0.4, 0.5) is 0 Å². The quantitative estimate of drug-likeness (QED) is 0.712. The maximum atomic E-state index is 5.59. The second kappa shape index (κ2) is 5.99. The summed E-state index contributed by atoms with van der Waals surface area (Å²) in [7, 11) is 2.25. The highest BCUT2D eigenvalue weighted by atomic mass is 16.5. The van der Waals surface area contributed by atoms with Crippen LogP contribution in [-0.2, 0) is 4.74 Å². The molecule has 1 aliphatic carbocycles. The van der Waals surface area contributed by atoms with Gasteiger partial charge in [-0.2, -0.15) is 0 Å². The van der Waals surface area contributed by atoms with Gasteiger partial charge in [0.25, 0.3) is 0 Å². The molecule has 0 bridgehead atoms. The van der Waals surface area contributed by atoms with E-state index in [0.717, 1.165) is 25.6 Å². The largest absolute Gasteiger partial charge is 0.377 e. The Hall–Kier alpha value is -0.120. The number of hydrogen-bond donors (Lipinski definition) is 1. The van der Waals surface area contributed by atoms with E-state index in [4.69, 9.17) is 4.74 Å². The van der Waals surface area contributed by atoms with Crippen molar-refractivity contribution in [2.45, 2.75) is 44.8 Å². The van der Waals surface area contributed by atoms with E-state index in [1.807, 2.05) is 0 Å². The Kier molecular flexibility index (Phi) is 4.62. The Morgan fingerprint density at radius 2 is 2.19 bits per heavy atom. The topological polar surface area (TPSA) is 24.5 Å². The number of likely N-dealkylation sites (N-methyl/N-ethyl adjacent to an activating group) is 1. The number of nitrogens with zero attached hydrogens (tertiary/aromatic N) is 1. The van der Waals surface area contributed by atoms with E-state index in [1.165, 1.54) is 32.2 Å². The van der Waals surface area contributed by atoms with Crippen LogP contribution in [0.2, 0.25) is 0 Å².